The summed E-state index contributed by atoms with van der Waals surface area (Å²) in [4.78, 5) is 14.5. The molecule has 3 aromatic rings. The van der Waals surface area contributed by atoms with E-state index in [0.717, 1.165) is 16.3 Å². The number of nitrogens with one attached hydrogen (secondary N) is 2. The first-order chi connectivity index (χ1) is 7.27. The van der Waals surface area contributed by atoms with Crippen molar-refractivity contribution in [3.05, 3.63) is 39.8 Å². The Morgan fingerprint density at radius 3 is 3.07 bits per heavy atom. The lowest BCUT2D eigenvalue weighted by Crippen LogP contribution is -2.06. The van der Waals surface area contributed by atoms with Crippen LogP contribution in [-0.4, -0.2) is 15.2 Å². The largest absolute Gasteiger partial charge is 0.350 e. The minimum absolute atomic E-state index is 0.236. The van der Waals surface area contributed by atoms with E-state index in [0.29, 0.717) is 10.5 Å². The molecule has 0 atom stereocenters. The molecule has 5 heteroatoms. The number of halogens is 1. The highest BCUT2D eigenvalue weighted by Gasteiger charge is 2.09. The average molecular weight is 220 g/mol. The molecule has 0 radical (unpaired) electrons. The highest BCUT2D eigenvalue weighted by molar-refractivity contribution is 6.37. The Morgan fingerprint density at radius 1 is 1.33 bits per heavy atom. The van der Waals surface area contributed by atoms with Crippen LogP contribution in [0.5, 0.6) is 0 Å². The maximum atomic E-state index is 11.5. The van der Waals surface area contributed by atoms with Gasteiger partial charge in [0.1, 0.15) is 5.52 Å². The molecule has 15 heavy (non-hydrogen) atoms. The monoisotopic (exact) mass is 219 g/mol. The second-order valence-electron chi connectivity index (χ2n) is 3.28. The lowest BCUT2D eigenvalue weighted by molar-refractivity contribution is 1.01. The number of aromatic nitrogens is 3. The van der Waals surface area contributed by atoms with Crippen molar-refractivity contribution in [2.75, 3.05) is 0 Å². The summed E-state index contributed by atoms with van der Waals surface area (Å²) in [6.07, 6.45) is 1.60. The molecule has 1 aromatic carbocycles. The number of aromatic amines is 2. The predicted molar refractivity (Wildman–Crippen MR) is 59.2 cm³/mol. The SMILES string of the molecule is O=c1[nH]ncc2c1[nH]c1cccc(Cl)c12. The summed E-state index contributed by atoms with van der Waals surface area (Å²) in [5.41, 5.74) is 1.11. The molecule has 0 unspecified atom stereocenters. The third-order valence-corrected chi connectivity index (χ3v) is 2.71. The molecule has 0 saturated carbocycles. The summed E-state index contributed by atoms with van der Waals surface area (Å²) in [6, 6.07) is 5.50. The summed E-state index contributed by atoms with van der Waals surface area (Å²) < 4.78 is 0. The number of rotatable bonds is 0. The van der Waals surface area contributed by atoms with Gasteiger partial charge in [-0.25, -0.2) is 5.10 Å². The van der Waals surface area contributed by atoms with Gasteiger partial charge in [0.15, 0.2) is 0 Å². The van der Waals surface area contributed by atoms with Crippen LogP contribution in [0.3, 0.4) is 0 Å². The van der Waals surface area contributed by atoms with Crippen LogP contribution in [0.2, 0.25) is 5.02 Å². The zero-order valence-electron chi connectivity index (χ0n) is 7.54. The number of hydrogen-bond donors (Lipinski definition) is 2. The van der Waals surface area contributed by atoms with Crippen LogP contribution >= 0.6 is 11.6 Å². The quantitative estimate of drug-likeness (QED) is 0.608. The highest BCUT2D eigenvalue weighted by atomic mass is 35.5. The minimum Gasteiger partial charge on any atom is -0.350 e. The molecule has 0 fully saturated rings. The van der Waals surface area contributed by atoms with Crippen LogP contribution in [0, 0.1) is 0 Å². The van der Waals surface area contributed by atoms with Gasteiger partial charge in [-0.05, 0) is 12.1 Å². The fourth-order valence-electron chi connectivity index (χ4n) is 1.75. The second kappa shape index (κ2) is 2.84. The lowest BCUT2D eigenvalue weighted by Gasteiger charge is -1.92. The maximum Gasteiger partial charge on any atom is 0.288 e. The van der Waals surface area contributed by atoms with Gasteiger partial charge >= 0.3 is 0 Å². The Balaban J connectivity index is 2.71. The molecular weight excluding hydrogens is 214 g/mol. The van der Waals surface area contributed by atoms with Gasteiger partial charge in [-0.2, -0.15) is 5.10 Å². The van der Waals surface area contributed by atoms with Crippen molar-refractivity contribution in [3.63, 3.8) is 0 Å². The Labute approximate surface area is 88.9 Å². The van der Waals surface area contributed by atoms with E-state index in [1.807, 2.05) is 12.1 Å². The second-order valence-corrected chi connectivity index (χ2v) is 3.68. The first-order valence-electron chi connectivity index (χ1n) is 4.41. The van der Waals surface area contributed by atoms with Crippen LogP contribution in [0.25, 0.3) is 21.8 Å². The van der Waals surface area contributed by atoms with E-state index in [1.54, 1.807) is 12.3 Å². The number of benzene rings is 1. The fourth-order valence-corrected chi connectivity index (χ4v) is 2.02. The first-order valence-corrected chi connectivity index (χ1v) is 4.79. The molecule has 74 valence electrons. The molecule has 3 rings (SSSR count). The van der Waals surface area contributed by atoms with Crippen molar-refractivity contribution in [1.82, 2.24) is 15.2 Å². The molecule has 0 aliphatic rings. The molecular formula is C10H6ClN3O. The molecule has 0 amide bonds. The Morgan fingerprint density at radius 2 is 2.20 bits per heavy atom. The molecule has 2 heterocycles. The van der Waals surface area contributed by atoms with Crippen LogP contribution in [0.15, 0.2) is 29.2 Å². The van der Waals surface area contributed by atoms with Crippen molar-refractivity contribution < 1.29 is 0 Å². The van der Waals surface area contributed by atoms with Gasteiger partial charge in [-0.3, -0.25) is 4.79 Å². The smallest absolute Gasteiger partial charge is 0.288 e. The first kappa shape index (κ1) is 8.49. The number of hydrogen-bond acceptors (Lipinski definition) is 2. The molecule has 2 aromatic heterocycles. The van der Waals surface area contributed by atoms with Crippen LogP contribution in [-0.2, 0) is 0 Å². The predicted octanol–water partition coefficient (Wildman–Crippen LogP) is 2.06. The van der Waals surface area contributed by atoms with E-state index in [-0.39, 0.29) is 5.56 Å². The standard InChI is InChI=1S/C10H6ClN3O/c11-6-2-1-3-7-8(6)5-4-12-14-10(15)9(5)13-7/h1-4,13H,(H,14,15). The lowest BCUT2D eigenvalue weighted by atomic mass is 10.2. The van der Waals surface area contributed by atoms with E-state index in [9.17, 15) is 4.79 Å². The topological polar surface area (TPSA) is 61.5 Å². The van der Waals surface area contributed by atoms with Crippen molar-refractivity contribution in [2.45, 2.75) is 0 Å². The molecule has 4 nitrogen and oxygen atoms in total. The van der Waals surface area contributed by atoms with Gasteiger partial charge in [-0.15, -0.1) is 0 Å². The van der Waals surface area contributed by atoms with Crippen LogP contribution < -0.4 is 5.56 Å². The molecule has 2 N–H and O–H groups in total. The van der Waals surface area contributed by atoms with Gasteiger partial charge < -0.3 is 4.98 Å². The van der Waals surface area contributed by atoms with Crippen LogP contribution in [0.4, 0.5) is 0 Å². The zero-order valence-corrected chi connectivity index (χ0v) is 8.30. The molecule has 0 spiro atoms. The summed E-state index contributed by atoms with van der Waals surface area (Å²) in [5, 5.41) is 8.34. The Hall–Kier alpha value is -1.81. The van der Waals surface area contributed by atoms with Gasteiger partial charge in [-0.1, -0.05) is 17.7 Å². The van der Waals surface area contributed by atoms with Crippen LogP contribution in [0.1, 0.15) is 0 Å². The number of fused-ring (bicyclic) bond motifs is 3. The fraction of sp³-hybridized carbons (Fsp3) is 0. The van der Waals surface area contributed by atoms with Gasteiger partial charge in [0.05, 0.1) is 11.2 Å². The normalized spacial score (nSPS) is 11.3. The third-order valence-electron chi connectivity index (χ3n) is 2.40. The number of H-pyrrole nitrogens is 2. The highest BCUT2D eigenvalue weighted by Crippen LogP contribution is 2.28. The Bertz CT molecular complexity index is 713. The van der Waals surface area contributed by atoms with E-state index in [1.165, 1.54) is 0 Å². The maximum absolute atomic E-state index is 11.5. The summed E-state index contributed by atoms with van der Waals surface area (Å²) in [7, 11) is 0. The molecule has 0 aliphatic heterocycles. The van der Waals surface area contributed by atoms with Gasteiger partial charge in [0.2, 0.25) is 0 Å². The molecule has 0 aliphatic carbocycles. The van der Waals surface area contributed by atoms with Crippen molar-refractivity contribution in [3.8, 4) is 0 Å². The summed E-state index contributed by atoms with van der Waals surface area (Å²) in [6.45, 7) is 0. The van der Waals surface area contributed by atoms with Gasteiger partial charge in [0.25, 0.3) is 5.56 Å². The molecule has 0 bridgehead atoms. The van der Waals surface area contributed by atoms with E-state index < -0.39 is 0 Å². The Kier molecular flexibility index (Phi) is 1.61. The summed E-state index contributed by atoms with van der Waals surface area (Å²) in [5.74, 6) is 0. The minimum atomic E-state index is -0.236. The van der Waals surface area contributed by atoms with Crippen molar-refractivity contribution in [2.24, 2.45) is 0 Å². The van der Waals surface area contributed by atoms with E-state index in [2.05, 4.69) is 15.2 Å². The van der Waals surface area contributed by atoms with E-state index >= 15 is 0 Å². The van der Waals surface area contributed by atoms with Crippen molar-refractivity contribution >= 4 is 33.4 Å². The third kappa shape index (κ3) is 1.08. The van der Waals surface area contributed by atoms with Gasteiger partial charge in [0, 0.05) is 16.3 Å². The number of nitrogens with zero attached hydrogens (tertiary/aromatic N) is 1. The molecule has 0 saturated heterocycles. The average Bonchev–Trinajstić information content (AvgIpc) is 2.59. The summed E-state index contributed by atoms with van der Waals surface area (Å²) >= 11 is 6.07. The van der Waals surface area contributed by atoms with Crippen molar-refractivity contribution in [1.29, 1.82) is 0 Å². The van der Waals surface area contributed by atoms with E-state index in [4.69, 9.17) is 11.6 Å². The zero-order chi connectivity index (χ0) is 10.4.